The normalized spacial score (nSPS) is 41.1. The smallest absolute Gasteiger partial charge is 0.313 e. The van der Waals surface area contributed by atoms with E-state index in [2.05, 4.69) is 70.6 Å². The van der Waals surface area contributed by atoms with Crippen LogP contribution in [0.4, 0.5) is 0 Å². The molecule has 4 fully saturated rings. The summed E-state index contributed by atoms with van der Waals surface area (Å²) < 4.78 is 5.93. The van der Waals surface area contributed by atoms with E-state index in [-0.39, 0.29) is 51.9 Å². The Labute approximate surface area is 335 Å². The molecule has 0 spiro atoms. The number of rotatable bonds is 11. The fourth-order valence-electron chi connectivity index (χ4n) is 14.5. The third-order valence-corrected chi connectivity index (χ3v) is 17.7. The molecular weight excluding hydrogens is 703 g/mol. The van der Waals surface area contributed by atoms with Crippen LogP contribution in [0.5, 0.6) is 5.88 Å². The zero-order valence-electron chi connectivity index (χ0n) is 35.2. The van der Waals surface area contributed by atoms with Gasteiger partial charge in [-0.1, -0.05) is 58.9 Å². The Morgan fingerprint density at radius 3 is 2.39 bits per heavy atom. The van der Waals surface area contributed by atoms with Gasteiger partial charge < -0.3 is 31.1 Å². The zero-order chi connectivity index (χ0) is 40.7. The van der Waals surface area contributed by atoms with E-state index in [0.717, 1.165) is 25.7 Å². The van der Waals surface area contributed by atoms with Gasteiger partial charge in [-0.3, -0.25) is 9.59 Å². The molecular formula is C47H69N3O6. The number of aliphatic hydroxyl groups is 2. The Morgan fingerprint density at radius 2 is 1.75 bits per heavy atom. The van der Waals surface area contributed by atoms with Crippen LogP contribution >= 0.6 is 0 Å². The molecule has 0 bridgehead atoms. The molecule has 6 N–H and O–H groups in total. The number of amides is 1. The summed E-state index contributed by atoms with van der Waals surface area (Å²) in [6, 6.07) is 3.16. The number of pyridine rings is 1. The summed E-state index contributed by atoms with van der Waals surface area (Å²) >= 11 is 0. The van der Waals surface area contributed by atoms with Crippen molar-refractivity contribution >= 4 is 11.9 Å². The number of aromatic nitrogens is 1. The van der Waals surface area contributed by atoms with E-state index in [1.54, 1.807) is 19.1 Å². The summed E-state index contributed by atoms with van der Waals surface area (Å²) in [7, 11) is 0. The maximum atomic E-state index is 12.8. The van der Waals surface area contributed by atoms with E-state index >= 15 is 0 Å². The molecule has 308 valence electrons. The number of allylic oxidation sites excluding steroid dienone is 5. The van der Waals surface area contributed by atoms with Crippen molar-refractivity contribution in [3.63, 3.8) is 0 Å². The maximum Gasteiger partial charge on any atom is 0.313 e. The number of β-amino-alcohol motifs (C(OH)–C–C–N with tert-alkyl or cyclic N) is 1. The zero-order valence-corrected chi connectivity index (χ0v) is 35.2. The lowest BCUT2D eigenvalue weighted by Gasteiger charge is -2.72. The van der Waals surface area contributed by atoms with E-state index in [1.165, 1.54) is 55.0 Å². The molecule has 1 amide bonds. The van der Waals surface area contributed by atoms with Crippen molar-refractivity contribution in [2.45, 2.75) is 137 Å². The highest BCUT2D eigenvalue weighted by Crippen LogP contribution is 2.76. The Bertz CT molecular complexity index is 1820. The summed E-state index contributed by atoms with van der Waals surface area (Å²) in [5, 5.41) is 35.2. The van der Waals surface area contributed by atoms with Crippen LogP contribution in [-0.2, 0) is 4.79 Å². The average molecular weight is 772 g/mol. The maximum absolute atomic E-state index is 12.8. The van der Waals surface area contributed by atoms with Gasteiger partial charge in [0.1, 0.15) is 17.6 Å². The van der Waals surface area contributed by atoms with Crippen molar-refractivity contribution < 1.29 is 29.6 Å². The van der Waals surface area contributed by atoms with Crippen molar-refractivity contribution in [1.82, 2.24) is 10.3 Å². The van der Waals surface area contributed by atoms with Gasteiger partial charge in [0.2, 0.25) is 5.88 Å². The number of nitrogens with two attached hydrogens (primary N) is 1. The molecule has 2 unspecified atom stereocenters. The van der Waals surface area contributed by atoms with E-state index < -0.39 is 22.9 Å². The Kier molecular flexibility index (Phi) is 10.3. The molecule has 9 heteroatoms. The van der Waals surface area contributed by atoms with Gasteiger partial charge in [-0.25, -0.2) is 4.98 Å². The third-order valence-electron chi connectivity index (χ3n) is 17.7. The van der Waals surface area contributed by atoms with Crippen LogP contribution in [0.25, 0.3) is 0 Å². The molecule has 56 heavy (non-hydrogen) atoms. The fraction of sp³-hybridized carbons (Fsp3) is 0.723. The Balaban J connectivity index is 1.13. The quantitative estimate of drug-likeness (QED) is 0.142. The predicted molar refractivity (Wildman–Crippen MR) is 219 cm³/mol. The van der Waals surface area contributed by atoms with Crippen molar-refractivity contribution in [3.05, 3.63) is 59.3 Å². The number of fused-ring (bicyclic) bond motifs is 7. The molecule has 0 aromatic carbocycles. The van der Waals surface area contributed by atoms with Crippen molar-refractivity contribution in [2.24, 2.45) is 62.4 Å². The van der Waals surface area contributed by atoms with Gasteiger partial charge in [-0.15, -0.1) is 0 Å². The van der Waals surface area contributed by atoms with Crippen LogP contribution in [0.15, 0.2) is 53.8 Å². The van der Waals surface area contributed by atoms with Gasteiger partial charge in [0, 0.05) is 18.3 Å². The Hall–Kier alpha value is -3.01. The van der Waals surface area contributed by atoms with Crippen LogP contribution in [0, 0.1) is 56.7 Å². The van der Waals surface area contributed by atoms with Crippen LogP contribution in [0.2, 0.25) is 0 Å². The minimum atomic E-state index is -1.14. The number of aliphatic hydroxyl groups excluding tert-OH is 1. The van der Waals surface area contributed by atoms with Gasteiger partial charge in [-0.2, -0.15) is 0 Å². The third kappa shape index (κ3) is 6.23. The van der Waals surface area contributed by atoms with Crippen molar-refractivity contribution in [1.29, 1.82) is 0 Å². The summed E-state index contributed by atoms with van der Waals surface area (Å²) in [4.78, 5) is 28.9. The number of carbonyl (C=O) groups is 2. The van der Waals surface area contributed by atoms with Gasteiger partial charge in [-0.05, 0) is 165 Å². The minimum Gasteiger partial charge on any atom is -0.481 e. The summed E-state index contributed by atoms with van der Waals surface area (Å²) in [5.41, 5.74) is 7.82. The number of nitrogens with zero attached hydrogens (tertiary/aromatic N) is 1. The number of carbonyl (C=O) groups excluding carboxylic acids is 1. The lowest BCUT2D eigenvalue weighted by molar-refractivity contribution is -0.221. The first-order valence-corrected chi connectivity index (χ1v) is 21.5. The second-order valence-electron chi connectivity index (χ2n) is 20.9. The number of ether oxygens (including phenoxy) is 1. The standard InChI is InChI=1S/C47H69N3O6/c1-29(2)31-15-22-47(50-26-42(5,55)27-51)24-23-44(7)34(37(31)47)11-12-36-43(6)18-16-33(41(3,4)35(43)17-19-45(36,44)8)30-13-20-46(21-14-30,40(53)54)28-56-39-32(38(48)52)10-9-25-49-39/h9-10,13,16,25,31,34-37,50-51,55H,1,11-12,14-15,17-24,26-28H2,2-8H3,(H2,48,52)(H,53,54)/t31?,34-,35+,36-,37-,42?,43+,44-,45-,46+,47+/m1/s1. The van der Waals surface area contributed by atoms with Gasteiger partial charge in [0.15, 0.2) is 0 Å². The first kappa shape index (κ1) is 41.2. The summed E-state index contributed by atoms with van der Waals surface area (Å²) in [5.74, 6) is 1.15. The molecule has 0 aliphatic heterocycles. The molecule has 1 aromatic heterocycles. The highest BCUT2D eigenvalue weighted by Gasteiger charge is 2.70. The number of carboxylic acids is 1. The largest absolute Gasteiger partial charge is 0.481 e. The van der Waals surface area contributed by atoms with E-state index in [4.69, 9.17) is 10.5 Å². The summed E-state index contributed by atoms with van der Waals surface area (Å²) in [6.45, 7) is 21.4. The predicted octanol–water partition coefficient (Wildman–Crippen LogP) is 8.02. The van der Waals surface area contributed by atoms with Crippen molar-refractivity contribution in [2.75, 3.05) is 19.8 Å². The SMILES string of the molecule is C=C(C)C1CC[C@]2(NCC(C)(O)CO)CC[C@]3(C)[C@H](CC[C@@H]4[C@@]5(C)CC=C(C6=CC[C@](COc7ncccc7C(N)=O)(C(=O)O)CC6)C(C)(C)[C@@H]5CC[C@]43C)[C@@H]12. The van der Waals surface area contributed by atoms with Crippen LogP contribution < -0.4 is 15.8 Å². The molecule has 7 rings (SSSR count). The minimum absolute atomic E-state index is 0.0370. The molecule has 4 saturated carbocycles. The van der Waals surface area contributed by atoms with Gasteiger partial charge >= 0.3 is 5.97 Å². The second kappa shape index (κ2) is 14.1. The van der Waals surface area contributed by atoms with Crippen molar-refractivity contribution in [3.8, 4) is 5.88 Å². The number of hydrogen-bond donors (Lipinski definition) is 5. The second-order valence-corrected chi connectivity index (χ2v) is 20.9. The first-order valence-electron chi connectivity index (χ1n) is 21.5. The van der Waals surface area contributed by atoms with Gasteiger partial charge in [0.25, 0.3) is 5.91 Å². The number of nitrogens with one attached hydrogen (secondary N) is 1. The lowest BCUT2D eigenvalue weighted by Crippen LogP contribution is -2.68. The fourth-order valence-corrected chi connectivity index (χ4v) is 14.5. The van der Waals surface area contributed by atoms with Crippen LogP contribution in [-0.4, -0.2) is 63.1 Å². The van der Waals surface area contributed by atoms with E-state index in [9.17, 15) is 24.9 Å². The highest BCUT2D eigenvalue weighted by molar-refractivity contribution is 5.95. The topological polar surface area (TPSA) is 155 Å². The molecule has 1 aromatic rings. The number of primary amides is 1. The molecule has 0 saturated heterocycles. The number of hydrogen-bond acceptors (Lipinski definition) is 7. The number of carboxylic acid groups (broad SMARTS) is 1. The number of aliphatic carboxylic acids is 1. The lowest BCUT2D eigenvalue weighted by atomic mass is 9.33. The summed E-state index contributed by atoms with van der Waals surface area (Å²) in [6.07, 6.45) is 18.1. The average Bonchev–Trinajstić information content (AvgIpc) is 3.54. The molecule has 0 radical (unpaired) electrons. The van der Waals surface area contributed by atoms with E-state index in [1.807, 2.05) is 0 Å². The molecule has 6 aliphatic carbocycles. The van der Waals surface area contributed by atoms with Gasteiger partial charge in [0.05, 0.1) is 12.2 Å². The molecule has 1 heterocycles. The molecule has 9 nitrogen and oxygen atoms in total. The highest BCUT2D eigenvalue weighted by atomic mass is 16.5. The Morgan fingerprint density at radius 1 is 1.00 bits per heavy atom. The molecule has 11 atom stereocenters. The van der Waals surface area contributed by atoms with Crippen LogP contribution in [0.1, 0.15) is 136 Å². The monoisotopic (exact) mass is 772 g/mol. The van der Waals surface area contributed by atoms with Crippen LogP contribution in [0.3, 0.4) is 0 Å². The molecule has 6 aliphatic rings. The first-order chi connectivity index (χ1) is 26.2. The van der Waals surface area contributed by atoms with E-state index in [0.29, 0.717) is 55.4 Å².